The maximum atomic E-state index is 13.4. The summed E-state index contributed by atoms with van der Waals surface area (Å²) >= 11 is 0. The molecule has 0 bridgehead atoms. The number of ether oxygens (including phenoxy) is 2. The van der Waals surface area contributed by atoms with Gasteiger partial charge in [0.15, 0.2) is 11.5 Å². The van der Waals surface area contributed by atoms with E-state index in [2.05, 4.69) is 34.8 Å². The van der Waals surface area contributed by atoms with E-state index < -0.39 is 8.07 Å². The maximum Gasteiger partial charge on any atom is 0.261 e. The third kappa shape index (κ3) is 5.79. The van der Waals surface area contributed by atoms with Crippen LogP contribution in [0.2, 0.25) is 25.7 Å². The molecule has 1 saturated carbocycles. The number of hydrogen-bond acceptors (Lipinski definition) is 8. The van der Waals surface area contributed by atoms with Crippen molar-refractivity contribution in [2.45, 2.75) is 45.3 Å². The Hall–Kier alpha value is -3.61. The van der Waals surface area contributed by atoms with Gasteiger partial charge in [0.2, 0.25) is 5.91 Å². The normalized spacial score (nSPS) is 16.1. The molecule has 0 aromatic carbocycles. The molecule has 1 N–H and O–H groups in total. The van der Waals surface area contributed by atoms with E-state index in [9.17, 15) is 9.59 Å². The minimum atomic E-state index is -1.27. The quantitative estimate of drug-likeness (QED) is 0.243. The molecule has 0 spiro atoms. The predicted octanol–water partition coefficient (Wildman–Crippen LogP) is 3.60. The summed E-state index contributed by atoms with van der Waals surface area (Å²) in [5.74, 6) is 0.885. The van der Waals surface area contributed by atoms with E-state index in [0.717, 1.165) is 37.7 Å². The van der Waals surface area contributed by atoms with Crippen LogP contribution in [0.1, 0.15) is 12.8 Å². The molecule has 6 rings (SSSR count). The van der Waals surface area contributed by atoms with E-state index >= 15 is 0 Å². The Bertz CT molecular complexity index is 1620. The first kappa shape index (κ1) is 26.6. The van der Waals surface area contributed by atoms with Gasteiger partial charge in [-0.3, -0.25) is 14.2 Å². The minimum absolute atomic E-state index is 0.0408. The number of morpholine rings is 1. The van der Waals surface area contributed by atoms with Gasteiger partial charge in [0.1, 0.15) is 12.5 Å². The van der Waals surface area contributed by atoms with Crippen LogP contribution in [0, 0.1) is 5.92 Å². The zero-order valence-electron chi connectivity index (χ0n) is 23.2. The lowest BCUT2D eigenvalue weighted by Crippen LogP contribution is -2.36. The number of nitrogens with zero attached hydrogens (tertiary/aromatic N) is 6. The molecule has 1 saturated heterocycles. The van der Waals surface area contributed by atoms with Gasteiger partial charge in [-0.25, -0.2) is 14.5 Å². The lowest BCUT2D eigenvalue weighted by atomic mass is 10.1. The van der Waals surface area contributed by atoms with Crippen molar-refractivity contribution in [2.75, 3.05) is 43.1 Å². The molecule has 40 heavy (non-hydrogen) atoms. The van der Waals surface area contributed by atoms with Gasteiger partial charge < -0.3 is 19.7 Å². The average Bonchev–Trinajstić information content (AvgIpc) is 3.71. The van der Waals surface area contributed by atoms with Crippen LogP contribution in [-0.2, 0) is 21.0 Å². The molecule has 1 amide bonds. The van der Waals surface area contributed by atoms with Crippen molar-refractivity contribution < 1.29 is 14.3 Å². The first-order valence-corrected chi connectivity index (χ1v) is 17.6. The Balaban J connectivity index is 1.39. The standard InChI is InChI=1S/C28H35N7O4Si/c1-40(2,3)13-12-39-18-34-17-23(21-14-24(29-15-22(21)28(34)37)30-27(36)19-4-5-19)26-31-25-7-6-20(16-35(25)32-26)33-8-10-38-11-9-33/h6-7,14-17,19H,4-5,8-13,18H2,1-3H3,(H,29,30,36). The van der Waals surface area contributed by atoms with Gasteiger partial charge in [-0.2, -0.15) is 0 Å². The number of carbonyl (C=O) groups excluding carboxylic acids is 1. The largest absolute Gasteiger partial charge is 0.378 e. The topological polar surface area (TPSA) is 116 Å². The number of hydrogen-bond donors (Lipinski definition) is 1. The summed E-state index contributed by atoms with van der Waals surface area (Å²) in [6, 6.07) is 6.74. The third-order valence-electron chi connectivity index (χ3n) is 7.33. The first-order valence-electron chi connectivity index (χ1n) is 13.9. The van der Waals surface area contributed by atoms with Gasteiger partial charge in [-0.15, -0.1) is 5.10 Å². The molecule has 0 atom stereocenters. The fourth-order valence-electron chi connectivity index (χ4n) is 4.74. The van der Waals surface area contributed by atoms with Crippen LogP contribution < -0.4 is 15.8 Å². The molecule has 2 fully saturated rings. The van der Waals surface area contributed by atoms with Crippen LogP contribution in [0.4, 0.5) is 11.5 Å². The van der Waals surface area contributed by atoms with Gasteiger partial charge in [-0.05, 0) is 37.1 Å². The molecular formula is C28H35N7O4Si. The minimum Gasteiger partial charge on any atom is -0.378 e. The van der Waals surface area contributed by atoms with Gasteiger partial charge in [0.05, 0.1) is 30.5 Å². The summed E-state index contributed by atoms with van der Waals surface area (Å²) in [7, 11) is -1.27. The molecule has 1 aliphatic carbocycles. The van der Waals surface area contributed by atoms with Gasteiger partial charge in [-0.1, -0.05) is 19.6 Å². The number of nitrogens with one attached hydrogen (secondary N) is 1. The van der Waals surface area contributed by atoms with E-state index in [-0.39, 0.29) is 24.1 Å². The monoisotopic (exact) mass is 561 g/mol. The number of fused-ring (bicyclic) bond motifs is 2. The second-order valence-corrected chi connectivity index (χ2v) is 17.4. The molecule has 210 valence electrons. The maximum absolute atomic E-state index is 13.4. The summed E-state index contributed by atoms with van der Waals surface area (Å²) in [5.41, 5.74) is 2.20. The number of carbonyl (C=O) groups is 1. The number of rotatable bonds is 9. The molecule has 1 aliphatic heterocycles. The highest BCUT2D eigenvalue weighted by Gasteiger charge is 2.30. The highest BCUT2D eigenvalue weighted by atomic mass is 28.3. The van der Waals surface area contributed by atoms with E-state index in [1.807, 2.05) is 18.3 Å². The van der Waals surface area contributed by atoms with Crippen LogP contribution in [0.5, 0.6) is 0 Å². The van der Waals surface area contributed by atoms with Crippen LogP contribution in [0.25, 0.3) is 27.8 Å². The van der Waals surface area contributed by atoms with Crippen LogP contribution in [-0.4, -0.2) is 71.0 Å². The van der Waals surface area contributed by atoms with Crippen molar-refractivity contribution in [2.24, 2.45) is 5.92 Å². The lowest BCUT2D eigenvalue weighted by Gasteiger charge is -2.28. The highest BCUT2D eigenvalue weighted by molar-refractivity contribution is 6.76. The van der Waals surface area contributed by atoms with Crippen LogP contribution >= 0.6 is 0 Å². The summed E-state index contributed by atoms with van der Waals surface area (Å²) in [5, 5.41) is 8.75. The first-order chi connectivity index (χ1) is 19.2. The molecule has 5 heterocycles. The summed E-state index contributed by atoms with van der Waals surface area (Å²) in [6.07, 6.45) is 7.03. The Morgan fingerprint density at radius 2 is 1.95 bits per heavy atom. The fourth-order valence-corrected chi connectivity index (χ4v) is 5.50. The molecule has 2 aliphatic rings. The van der Waals surface area contributed by atoms with Crippen molar-refractivity contribution in [1.29, 1.82) is 0 Å². The zero-order chi connectivity index (χ0) is 27.9. The number of aromatic nitrogens is 5. The number of anilines is 2. The van der Waals surface area contributed by atoms with E-state index in [4.69, 9.17) is 19.6 Å². The van der Waals surface area contributed by atoms with Gasteiger partial charge in [0, 0.05) is 57.0 Å². The van der Waals surface area contributed by atoms with Crippen molar-refractivity contribution in [3.05, 3.63) is 47.1 Å². The molecule has 4 aromatic heterocycles. The molecule has 0 unspecified atom stereocenters. The lowest BCUT2D eigenvalue weighted by molar-refractivity contribution is -0.117. The molecule has 0 radical (unpaired) electrons. The smallest absolute Gasteiger partial charge is 0.261 e. The predicted molar refractivity (Wildman–Crippen MR) is 156 cm³/mol. The summed E-state index contributed by atoms with van der Waals surface area (Å²) in [6.45, 7) is 10.6. The molecule has 11 nitrogen and oxygen atoms in total. The van der Waals surface area contributed by atoms with E-state index in [1.165, 1.54) is 6.20 Å². The average molecular weight is 562 g/mol. The Labute approximate surface area is 233 Å². The highest BCUT2D eigenvalue weighted by Crippen LogP contribution is 2.31. The molecular weight excluding hydrogens is 526 g/mol. The van der Waals surface area contributed by atoms with E-state index in [0.29, 0.717) is 53.4 Å². The summed E-state index contributed by atoms with van der Waals surface area (Å²) in [4.78, 5) is 37.3. The van der Waals surface area contributed by atoms with Crippen LogP contribution in [0.15, 0.2) is 41.6 Å². The number of amides is 1. The van der Waals surface area contributed by atoms with Gasteiger partial charge >= 0.3 is 0 Å². The zero-order valence-corrected chi connectivity index (χ0v) is 24.2. The third-order valence-corrected chi connectivity index (χ3v) is 9.03. The van der Waals surface area contributed by atoms with Crippen molar-refractivity contribution >= 4 is 41.9 Å². The Morgan fingerprint density at radius 3 is 2.70 bits per heavy atom. The number of pyridine rings is 3. The second kappa shape index (κ2) is 10.8. The SMILES string of the molecule is C[Si](C)(C)CCOCn1cc(-c2nc3ccc(N4CCOCC4)cn3n2)c2cc(NC(=O)C3CC3)ncc2c1=O. The molecule has 4 aromatic rings. The second-order valence-electron chi connectivity index (χ2n) is 11.8. The summed E-state index contributed by atoms with van der Waals surface area (Å²) < 4.78 is 14.7. The van der Waals surface area contributed by atoms with E-state index in [1.54, 1.807) is 21.3 Å². The van der Waals surface area contributed by atoms with Gasteiger partial charge in [0.25, 0.3) is 5.56 Å². The molecule has 12 heteroatoms. The van der Waals surface area contributed by atoms with Crippen molar-refractivity contribution in [3.63, 3.8) is 0 Å². The van der Waals surface area contributed by atoms with Crippen molar-refractivity contribution in [3.8, 4) is 11.4 Å². The van der Waals surface area contributed by atoms with Crippen LogP contribution in [0.3, 0.4) is 0 Å². The Morgan fingerprint density at radius 1 is 1.15 bits per heavy atom. The van der Waals surface area contributed by atoms with Crippen molar-refractivity contribution in [1.82, 2.24) is 24.1 Å². The Kier molecular flexibility index (Phi) is 7.15. The fraction of sp³-hybridized carbons (Fsp3) is 0.464.